The molecular formula is C24H24N4O3S. The van der Waals surface area contributed by atoms with Crippen molar-refractivity contribution in [2.45, 2.75) is 41.8 Å². The summed E-state index contributed by atoms with van der Waals surface area (Å²) in [7, 11) is 0. The van der Waals surface area contributed by atoms with E-state index in [4.69, 9.17) is 9.84 Å². The Hall–Kier alpha value is -3.10. The number of aliphatic carboxylic acids is 1. The van der Waals surface area contributed by atoms with Crippen molar-refractivity contribution < 1.29 is 14.6 Å². The quantitative estimate of drug-likeness (QED) is 0.450. The first kappa shape index (κ1) is 20.8. The molecule has 32 heavy (non-hydrogen) atoms. The van der Waals surface area contributed by atoms with E-state index in [1.54, 1.807) is 24.2 Å². The number of piperidine rings is 1. The normalized spacial score (nSPS) is 16.0. The molecule has 1 aromatic heterocycles. The molecule has 1 saturated heterocycles. The first-order chi connectivity index (χ1) is 15.6. The molecule has 0 unspecified atom stereocenters. The fraction of sp³-hybridized carbons (Fsp3) is 0.292. The highest BCUT2D eigenvalue weighted by Crippen LogP contribution is 2.42. The average molecular weight is 449 g/mol. The van der Waals surface area contributed by atoms with E-state index in [2.05, 4.69) is 38.4 Å². The molecule has 2 aliphatic heterocycles. The number of hydrogen-bond donors (Lipinski definition) is 2. The number of carbonyl (C=O) groups is 1. The number of rotatable bonds is 6. The zero-order valence-electron chi connectivity index (χ0n) is 17.5. The van der Waals surface area contributed by atoms with Crippen LogP contribution in [0.2, 0.25) is 0 Å². The van der Waals surface area contributed by atoms with Gasteiger partial charge in [-0.15, -0.1) is 0 Å². The molecule has 0 spiro atoms. The second-order valence-corrected chi connectivity index (χ2v) is 9.11. The molecule has 2 aliphatic rings. The average Bonchev–Trinajstić information content (AvgIpc) is 2.80. The first-order valence-corrected chi connectivity index (χ1v) is 11.5. The summed E-state index contributed by atoms with van der Waals surface area (Å²) in [5.74, 6) is 0.799. The second-order valence-electron chi connectivity index (χ2n) is 8.08. The Morgan fingerprint density at radius 2 is 1.84 bits per heavy atom. The minimum absolute atomic E-state index is 0.0372. The number of carboxylic acids is 1. The summed E-state index contributed by atoms with van der Waals surface area (Å²) in [6, 6.07) is 13.9. The van der Waals surface area contributed by atoms with Gasteiger partial charge in [0.1, 0.15) is 16.9 Å². The van der Waals surface area contributed by atoms with E-state index in [1.165, 1.54) is 10.5 Å². The van der Waals surface area contributed by atoms with E-state index in [0.29, 0.717) is 0 Å². The summed E-state index contributed by atoms with van der Waals surface area (Å²) in [6.07, 6.45) is 5.59. The molecule has 2 N–H and O–H groups in total. The maximum Gasteiger partial charge on any atom is 0.307 e. The van der Waals surface area contributed by atoms with Crippen LogP contribution in [0.4, 0.5) is 11.5 Å². The standard InChI is InChI=1S/C24H24N4O3S/c29-22(30)14-16-1-4-18(5-2-16)31-19-7-11-28(12-8-19)15-17-3-6-21-20(13-17)27-23-24(32-21)26-10-9-25-23/h1-6,9-10,13,19H,7-8,11-12,14-15H2,(H,25,27)(H,29,30). The monoisotopic (exact) mass is 448 g/mol. The molecular weight excluding hydrogens is 424 g/mol. The Morgan fingerprint density at radius 1 is 1.09 bits per heavy atom. The van der Waals surface area contributed by atoms with E-state index in [-0.39, 0.29) is 12.5 Å². The Labute approximate surface area is 190 Å². The number of aromatic nitrogens is 2. The second kappa shape index (κ2) is 9.18. The van der Waals surface area contributed by atoms with Crippen molar-refractivity contribution in [3.63, 3.8) is 0 Å². The van der Waals surface area contributed by atoms with Gasteiger partial charge >= 0.3 is 5.97 Å². The van der Waals surface area contributed by atoms with Gasteiger partial charge in [0.15, 0.2) is 5.82 Å². The molecule has 0 bridgehead atoms. The zero-order chi connectivity index (χ0) is 21.9. The van der Waals surface area contributed by atoms with Gasteiger partial charge in [0, 0.05) is 36.9 Å². The number of ether oxygens (including phenoxy) is 1. The van der Waals surface area contributed by atoms with Crippen molar-refractivity contribution >= 4 is 29.2 Å². The lowest BCUT2D eigenvalue weighted by atomic mass is 10.1. The first-order valence-electron chi connectivity index (χ1n) is 10.7. The number of nitrogens with one attached hydrogen (secondary N) is 1. The Morgan fingerprint density at radius 3 is 2.62 bits per heavy atom. The molecule has 1 fully saturated rings. The van der Waals surface area contributed by atoms with Crippen molar-refractivity contribution in [1.29, 1.82) is 0 Å². The molecule has 0 saturated carbocycles. The SMILES string of the molecule is O=C(O)Cc1ccc(OC2CCN(Cc3ccc4c(c3)Nc3nccnc3S4)CC2)cc1. The van der Waals surface area contributed by atoms with Crippen LogP contribution in [0.25, 0.3) is 0 Å². The van der Waals surface area contributed by atoms with Crippen molar-refractivity contribution in [1.82, 2.24) is 14.9 Å². The number of benzene rings is 2. The van der Waals surface area contributed by atoms with Crippen molar-refractivity contribution in [3.05, 3.63) is 66.0 Å². The van der Waals surface area contributed by atoms with Gasteiger partial charge in [-0.2, -0.15) is 0 Å². The lowest BCUT2D eigenvalue weighted by Gasteiger charge is -2.32. The number of hydrogen-bond acceptors (Lipinski definition) is 7. The van der Waals surface area contributed by atoms with Gasteiger partial charge in [0.05, 0.1) is 12.1 Å². The number of likely N-dealkylation sites (tertiary alicyclic amines) is 1. The van der Waals surface area contributed by atoms with Crippen LogP contribution in [0.15, 0.2) is 64.8 Å². The van der Waals surface area contributed by atoms with Crippen LogP contribution in [-0.2, 0) is 17.8 Å². The minimum Gasteiger partial charge on any atom is -0.490 e. The summed E-state index contributed by atoms with van der Waals surface area (Å²) in [5.41, 5.74) is 3.15. The van der Waals surface area contributed by atoms with E-state index < -0.39 is 5.97 Å². The molecule has 164 valence electrons. The fourth-order valence-electron chi connectivity index (χ4n) is 4.08. The van der Waals surface area contributed by atoms with Crippen molar-refractivity contribution in [2.75, 3.05) is 18.4 Å². The molecule has 3 aromatic rings. The predicted octanol–water partition coefficient (Wildman–Crippen LogP) is 4.36. The maximum absolute atomic E-state index is 10.8. The highest BCUT2D eigenvalue weighted by molar-refractivity contribution is 7.99. The number of nitrogens with zero attached hydrogens (tertiary/aromatic N) is 3. The summed E-state index contributed by atoms with van der Waals surface area (Å²) in [4.78, 5) is 23.2. The Bertz CT molecular complexity index is 1110. The maximum atomic E-state index is 10.8. The van der Waals surface area contributed by atoms with Crippen LogP contribution < -0.4 is 10.1 Å². The van der Waals surface area contributed by atoms with Gasteiger partial charge in [0.25, 0.3) is 0 Å². The third kappa shape index (κ3) is 4.87. The van der Waals surface area contributed by atoms with E-state index in [1.807, 2.05) is 24.3 Å². The van der Waals surface area contributed by atoms with Crippen LogP contribution in [0, 0.1) is 0 Å². The summed E-state index contributed by atoms with van der Waals surface area (Å²) < 4.78 is 6.12. The van der Waals surface area contributed by atoms with Crippen LogP contribution in [0.5, 0.6) is 5.75 Å². The number of fused-ring (bicyclic) bond motifs is 2. The van der Waals surface area contributed by atoms with E-state index >= 15 is 0 Å². The Kier molecular flexibility index (Phi) is 5.96. The Balaban J connectivity index is 1.14. The topological polar surface area (TPSA) is 87.6 Å². The highest BCUT2D eigenvalue weighted by Gasteiger charge is 2.22. The lowest BCUT2D eigenvalue weighted by Crippen LogP contribution is -2.37. The largest absolute Gasteiger partial charge is 0.490 e. The van der Waals surface area contributed by atoms with Gasteiger partial charge in [-0.05, 0) is 48.2 Å². The van der Waals surface area contributed by atoms with Crippen LogP contribution >= 0.6 is 11.8 Å². The smallest absolute Gasteiger partial charge is 0.307 e. The summed E-state index contributed by atoms with van der Waals surface area (Å²) >= 11 is 1.65. The van der Waals surface area contributed by atoms with Gasteiger partial charge in [-0.25, -0.2) is 9.97 Å². The summed E-state index contributed by atoms with van der Waals surface area (Å²) in [6.45, 7) is 2.87. The van der Waals surface area contributed by atoms with Crippen LogP contribution in [0.1, 0.15) is 24.0 Å². The highest BCUT2D eigenvalue weighted by atomic mass is 32.2. The third-order valence-corrected chi connectivity index (χ3v) is 6.76. The van der Waals surface area contributed by atoms with Crippen LogP contribution in [-0.4, -0.2) is 45.1 Å². The lowest BCUT2D eigenvalue weighted by molar-refractivity contribution is -0.136. The molecule has 7 nitrogen and oxygen atoms in total. The van der Waals surface area contributed by atoms with E-state index in [0.717, 1.165) is 60.3 Å². The molecule has 0 aliphatic carbocycles. The van der Waals surface area contributed by atoms with Gasteiger partial charge in [-0.1, -0.05) is 30.0 Å². The van der Waals surface area contributed by atoms with Gasteiger partial charge < -0.3 is 15.2 Å². The molecule has 0 atom stereocenters. The van der Waals surface area contributed by atoms with Crippen molar-refractivity contribution in [3.8, 4) is 5.75 Å². The van der Waals surface area contributed by atoms with E-state index in [9.17, 15) is 4.79 Å². The third-order valence-electron chi connectivity index (χ3n) is 5.69. The molecule has 0 amide bonds. The fourth-order valence-corrected chi connectivity index (χ4v) is 4.95. The van der Waals surface area contributed by atoms with Gasteiger partial charge in [-0.3, -0.25) is 9.69 Å². The zero-order valence-corrected chi connectivity index (χ0v) is 18.3. The minimum atomic E-state index is -0.821. The summed E-state index contributed by atoms with van der Waals surface area (Å²) in [5, 5.41) is 13.2. The number of anilines is 2. The predicted molar refractivity (Wildman–Crippen MR) is 123 cm³/mol. The molecule has 3 heterocycles. The van der Waals surface area contributed by atoms with Crippen LogP contribution in [0.3, 0.4) is 0 Å². The molecule has 2 aromatic carbocycles. The molecule has 0 radical (unpaired) electrons. The van der Waals surface area contributed by atoms with Gasteiger partial charge in [0.2, 0.25) is 0 Å². The molecule has 8 heteroatoms. The molecule has 5 rings (SSSR count). The van der Waals surface area contributed by atoms with Crippen molar-refractivity contribution in [2.24, 2.45) is 0 Å². The number of carboxylic acid groups (broad SMARTS) is 1.